The molecule has 0 unspecified atom stereocenters. The Balaban J connectivity index is 1.75. The Bertz CT molecular complexity index is 1110. The third kappa shape index (κ3) is 4.96. The molecule has 0 saturated heterocycles. The molecule has 0 radical (unpaired) electrons. The molecule has 1 aliphatic heterocycles. The Morgan fingerprint density at radius 1 is 0.879 bits per heavy atom. The molecule has 6 heteroatoms. The van der Waals surface area contributed by atoms with Crippen LogP contribution in [0.4, 0.5) is 0 Å². The van der Waals surface area contributed by atoms with Crippen LogP contribution in [0, 0.1) is 0 Å². The number of nitrogens with zero attached hydrogens (tertiary/aromatic N) is 1. The van der Waals surface area contributed by atoms with Crippen molar-refractivity contribution in [3.05, 3.63) is 83.4 Å². The van der Waals surface area contributed by atoms with Crippen molar-refractivity contribution in [3.8, 4) is 23.0 Å². The van der Waals surface area contributed by atoms with Crippen molar-refractivity contribution in [1.29, 1.82) is 0 Å². The zero-order chi connectivity index (χ0) is 23.2. The number of para-hydroxylation sites is 2. The monoisotopic (exact) mass is 446 g/mol. The summed E-state index contributed by atoms with van der Waals surface area (Å²) < 4.78 is 16.8. The first-order chi connectivity index (χ1) is 16.1. The van der Waals surface area contributed by atoms with Gasteiger partial charge in [-0.05, 0) is 55.8 Å². The number of phenolic OH excluding ortho intramolecular Hbond substituents is 1. The first-order valence-corrected chi connectivity index (χ1v) is 11.3. The highest BCUT2D eigenvalue weighted by Crippen LogP contribution is 2.40. The van der Waals surface area contributed by atoms with Crippen molar-refractivity contribution < 1.29 is 19.3 Å². The molecule has 0 amide bonds. The molecule has 172 valence electrons. The standard InChI is InChI=1S/C27H30N2O4/c1-4-32-19-15-13-18(14-16-19)22-17-23(20-10-8-12-25(26(20)30)33-5-2)29-27(28-22)21-9-6-7-11-24(21)31-3/h6-16,23,27,29-30H,4-5,17H2,1-3H3/t23-,27+/m1/s1. The topological polar surface area (TPSA) is 72.3 Å². The number of hydrogen-bond acceptors (Lipinski definition) is 6. The highest BCUT2D eigenvalue weighted by molar-refractivity contribution is 6.01. The van der Waals surface area contributed by atoms with E-state index in [1.807, 2.05) is 74.5 Å². The summed E-state index contributed by atoms with van der Waals surface area (Å²) in [5, 5.41) is 14.5. The molecule has 1 heterocycles. The number of benzene rings is 3. The van der Waals surface area contributed by atoms with E-state index in [1.165, 1.54) is 0 Å². The Hall–Kier alpha value is -3.51. The minimum atomic E-state index is -0.336. The van der Waals surface area contributed by atoms with Crippen molar-refractivity contribution in [2.45, 2.75) is 32.5 Å². The number of nitrogens with one attached hydrogen (secondary N) is 1. The Kier molecular flexibility index (Phi) is 7.15. The van der Waals surface area contributed by atoms with Gasteiger partial charge in [-0.25, -0.2) is 0 Å². The molecule has 0 bridgehead atoms. The van der Waals surface area contributed by atoms with Crippen LogP contribution in [0.15, 0.2) is 71.7 Å². The van der Waals surface area contributed by atoms with E-state index in [2.05, 4.69) is 5.32 Å². The summed E-state index contributed by atoms with van der Waals surface area (Å²) in [6.45, 7) is 4.98. The Morgan fingerprint density at radius 2 is 1.58 bits per heavy atom. The van der Waals surface area contributed by atoms with Crippen LogP contribution in [-0.2, 0) is 0 Å². The average molecular weight is 447 g/mol. The molecule has 0 aliphatic carbocycles. The summed E-state index contributed by atoms with van der Waals surface area (Å²) in [6.07, 6.45) is 0.277. The van der Waals surface area contributed by atoms with E-state index in [0.29, 0.717) is 25.4 Å². The second-order valence-electron chi connectivity index (χ2n) is 7.73. The highest BCUT2D eigenvalue weighted by Gasteiger charge is 2.29. The fraction of sp³-hybridized carbons (Fsp3) is 0.296. The van der Waals surface area contributed by atoms with Crippen LogP contribution < -0.4 is 19.5 Å². The maximum atomic E-state index is 10.9. The smallest absolute Gasteiger partial charge is 0.162 e. The normalized spacial score (nSPS) is 17.8. The minimum Gasteiger partial charge on any atom is -0.504 e. The molecular weight excluding hydrogens is 416 g/mol. The molecule has 0 aromatic heterocycles. The lowest BCUT2D eigenvalue weighted by Crippen LogP contribution is -2.33. The van der Waals surface area contributed by atoms with E-state index in [0.717, 1.165) is 33.9 Å². The van der Waals surface area contributed by atoms with Crippen molar-refractivity contribution in [1.82, 2.24) is 5.32 Å². The minimum absolute atomic E-state index is 0.156. The summed E-state index contributed by atoms with van der Waals surface area (Å²) in [6, 6.07) is 21.3. The van der Waals surface area contributed by atoms with Gasteiger partial charge in [0.2, 0.25) is 0 Å². The van der Waals surface area contributed by atoms with Gasteiger partial charge in [0.05, 0.1) is 20.3 Å². The maximum Gasteiger partial charge on any atom is 0.162 e. The highest BCUT2D eigenvalue weighted by atomic mass is 16.5. The second-order valence-corrected chi connectivity index (χ2v) is 7.73. The summed E-state index contributed by atoms with van der Waals surface area (Å²) in [5.41, 5.74) is 3.68. The van der Waals surface area contributed by atoms with Crippen LogP contribution in [0.2, 0.25) is 0 Å². The van der Waals surface area contributed by atoms with Crippen LogP contribution in [0.1, 0.15) is 49.2 Å². The van der Waals surface area contributed by atoms with Gasteiger partial charge >= 0.3 is 0 Å². The van der Waals surface area contributed by atoms with Gasteiger partial charge in [0.1, 0.15) is 17.7 Å². The Morgan fingerprint density at radius 3 is 2.30 bits per heavy atom. The van der Waals surface area contributed by atoms with Gasteiger partial charge in [-0.3, -0.25) is 10.3 Å². The third-order valence-electron chi connectivity index (χ3n) is 5.68. The molecule has 2 N–H and O–H groups in total. The largest absolute Gasteiger partial charge is 0.504 e. The Labute approximate surface area is 194 Å². The van der Waals surface area contributed by atoms with E-state index in [1.54, 1.807) is 13.2 Å². The lowest BCUT2D eigenvalue weighted by Gasteiger charge is -2.31. The molecule has 3 aromatic rings. The van der Waals surface area contributed by atoms with Gasteiger partial charge < -0.3 is 19.3 Å². The lowest BCUT2D eigenvalue weighted by molar-refractivity contribution is 0.313. The van der Waals surface area contributed by atoms with E-state index >= 15 is 0 Å². The number of rotatable bonds is 8. The quantitative estimate of drug-likeness (QED) is 0.483. The van der Waals surface area contributed by atoms with Crippen LogP contribution in [0.25, 0.3) is 0 Å². The second kappa shape index (κ2) is 10.4. The molecule has 0 fully saturated rings. The van der Waals surface area contributed by atoms with Gasteiger partial charge in [-0.1, -0.05) is 30.3 Å². The number of aromatic hydroxyl groups is 1. The third-order valence-corrected chi connectivity index (χ3v) is 5.68. The molecule has 0 saturated carbocycles. The molecule has 6 nitrogen and oxygen atoms in total. The SMILES string of the molecule is CCOc1ccc(C2=N[C@H](c3ccccc3OC)N[C@@H](c3cccc(OCC)c3O)C2)cc1. The summed E-state index contributed by atoms with van der Waals surface area (Å²) in [7, 11) is 1.66. The molecule has 2 atom stereocenters. The number of aliphatic imine (C=N–C) groups is 1. The van der Waals surface area contributed by atoms with Crippen LogP contribution >= 0.6 is 0 Å². The van der Waals surface area contributed by atoms with Crippen molar-refractivity contribution in [2.75, 3.05) is 20.3 Å². The number of phenols is 1. The molecule has 1 aliphatic rings. The summed E-state index contributed by atoms with van der Waals surface area (Å²) in [4.78, 5) is 5.04. The molecule has 33 heavy (non-hydrogen) atoms. The zero-order valence-corrected chi connectivity index (χ0v) is 19.2. The molecule has 4 rings (SSSR count). The van der Waals surface area contributed by atoms with E-state index in [9.17, 15) is 5.11 Å². The van der Waals surface area contributed by atoms with E-state index in [4.69, 9.17) is 19.2 Å². The van der Waals surface area contributed by atoms with Crippen molar-refractivity contribution in [2.24, 2.45) is 4.99 Å². The summed E-state index contributed by atoms with van der Waals surface area (Å²) in [5.74, 6) is 2.23. The van der Waals surface area contributed by atoms with Gasteiger partial charge in [0.15, 0.2) is 11.5 Å². The number of ether oxygens (including phenoxy) is 3. The predicted octanol–water partition coefficient (Wildman–Crippen LogP) is 5.42. The first kappa shape index (κ1) is 22.7. The van der Waals surface area contributed by atoms with Crippen molar-refractivity contribution >= 4 is 5.71 Å². The van der Waals surface area contributed by atoms with E-state index < -0.39 is 0 Å². The molecule has 3 aromatic carbocycles. The summed E-state index contributed by atoms with van der Waals surface area (Å²) >= 11 is 0. The van der Waals surface area contributed by atoms with Crippen LogP contribution in [0.3, 0.4) is 0 Å². The average Bonchev–Trinajstić information content (AvgIpc) is 2.86. The maximum absolute atomic E-state index is 10.9. The first-order valence-electron chi connectivity index (χ1n) is 11.3. The number of hydrogen-bond donors (Lipinski definition) is 2. The predicted molar refractivity (Wildman–Crippen MR) is 130 cm³/mol. The molecular formula is C27H30N2O4. The van der Waals surface area contributed by atoms with Gasteiger partial charge in [-0.15, -0.1) is 0 Å². The van der Waals surface area contributed by atoms with Crippen LogP contribution in [-0.4, -0.2) is 31.1 Å². The number of methoxy groups -OCH3 is 1. The van der Waals surface area contributed by atoms with Crippen molar-refractivity contribution in [3.63, 3.8) is 0 Å². The lowest BCUT2D eigenvalue weighted by atomic mass is 9.93. The van der Waals surface area contributed by atoms with E-state index in [-0.39, 0.29) is 18.0 Å². The van der Waals surface area contributed by atoms with Gasteiger partial charge in [0, 0.05) is 29.3 Å². The van der Waals surface area contributed by atoms with Gasteiger partial charge in [0.25, 0.3) is 0 Å². The van der Waals surface area contributed by atoms with Crippen LogP contribution in [0.5, 0.6) is 23.0 Å². The van der Waals surface area contributed by atoms with Gasteiger partial charge in [-0.2, -0.15) is 0 Å². The molecule has 0 spiro atoms. The fourth-order valence-electron chi connectivity index (χ4n) is 4.14. The fourth-order valence-corrected chi connectivity index (χ4v) is 4.14. The zero-order valence-electron chi connectivity index (χ0n) is 19.2.